The monoisotopic (exact) mass is 308 g/mol. The molecule has 3 aromatic carbocycles. The largest absolute Gasteiger partial charge is 0.508 e. The molecular formula is C17H12N2O4. The molecule has 0 saturated carbocycles. The number of nitrogens with one attached hydrogen (secondary N) is 1. The molecule has 114 valence electrons. The molecule has 0 radical (unpaired) electrons. The van der Waals surface area contributed by atoms with E-state index < -0.39 is 10.8 Å². The number of phenolic OH excluding ortho intramolecular Hbond substituents is 1. The second-order valence-corrected chi connectivity index (χ2v) is 4.97. The van der Waals surface area contributed by atoms with Crippen molar-refractivity contribution in [2.24, 2.45) is 0 Å². The average molecular weight is 308 g/mol. The molecule has 2 N–H and O–H groups in total. The molecule has 0 aliphatic heterocycles. The Bertz CT molecular complexity index is 921. The number of anilines is 1. The zero-order chi connectivity index (χ0) is 16.4. The Labute approximate surface area is 131 Å². The molecule has 0 spiro atoms. The molecule has 0 aromatic heterocycles. The Morgan fingerprint density at radius 3 is 2.61 bits per heavy atom. The minimum Gasteiger partial charge on any atom is -0.508 e. The van der Waals surface area contributed by atoms with Gasteiger partial charge in [-0.2, -0.15) is 0 Å². The van der Waals surface area contributed by atoms with Gasteiger partial charge < -0.3 is 10.4 Å². The van der Waals surface area contributed by atoms with Crippen molar-refractivity contribution < 1.29 is 14.8 Å². The summed E-state index contributed by atoms with van der Waals surface area (Å²) in [6.07, 6.45) is 0. The van der Waals surface area contributed by atoms with Crippen molar-refractivity contribution in [2.75, 3.05) is 5.32 Å². The van der Waals surface area contributed by atoms with E-state index in [1.165, 1.54) is 24.3 Å². The minimum absolute atomic E-state index is 0.0922. The lowest BCUT2D eigenvalue weighted by Crippen LogP contribution is -2.12. The number of hydrogen-bond donors (Lipinski definition) is 2. The molecule has 3 aromatic rings. The lowest BCUT2D eigenvalue weighted by Gasteiger charge is -2.09. The fourth-order valence-electron chi connectivity index (χ4n) is 2.32. The first-order valence-electron chi connectivity index (χ1n) is 6.82. The van der Waals surface area contributed by atoms with Gasteiger partial charge in [-0.15, -0.1) is 0 Å². The lowest BCUT2D eigenvalue weighted by molar-refractivity contribution is -0.384. The summed E-state index contributed by atoms with van der Waals surface area (Å²) in [5, 5.41) is 24.7. The highest BCUT2D eigenvalue weighted by atomic mass is 16.6. The minimum atomic E-state index is -0.549. The third-order valence-electron chi connectivity index (χ3n) is 3.43. The highest BCUT2D eigenvalue weighted by Gasteiger charge is 2.12. The Balaban J connectivity index is 1.96. The number of amides is 1. The first kappa shape index (κ1) is 14.5. The second-order valence-electron chi connectivity index (χ2n) is 4.97. The van der Waals surface area contributed by atoms with Crippen LogP contribution >= 0.6 is 0 Å². The van der Waals surface area contributed by atoms with Gasteiger partial charge in [-0.05, 0) is 29.7 Å². The van der Waals surface area contributed by atoms with E-state index in [0.29, 0.717) is 11.1 Å². The van der Waals surface area contributed by atoms with Gasteiger partial charge in [-0.3, -0.25) is 14.9 Å². The van der Waals surface area contributed by atoms with E-state index in [4.69, 9.17) is 0 Å². The third-order valence-corrected chi connectivity index (χ3v) is 3.43. The molecule has 3 rings (SSSR count). The van der Waals surface area contributed by atoms with Gasteiger partial charge in [0.25, 0.3) is 11.6 Å². The van der Waals surface area contributed by atoms with Crippen LogP contribution < -0.4 is 5.32 Å². The number of carbonyl (C=O) groups excluding carboxylic acids is 1. The number of phenols is 1. The maximum Gasteiger partial charge on any atom is 0.270 e. The molecule has 23 heavy (non-hydrogen) atoms. The van der Waals surface area contributed by atoms with Gasteiger partial charge in [-0.25, -0.2) is 0 Å². The zero-order valence-corrected chi connectivity index (χ0v) is 11.9. The number of rotatable bonds is 3. The van der Waals surface area contributed by atoms with Crippen LogP contribution in [0.25, 0.3) is 10.8 Å². The SMILES string of the molecule is O=C(Nc1cccc2ccc(O)cc12)c1cccc([N+](=O)[O-])c1. The topological polar surface area (TPSA) is 92.5 Å². The van der Waals surface area contributed by atoms with Crippen molar-refractivity contribution in [3.63, 3.8) is 0 Å². The molecule has 0 unspecified atom stereocenters. The van der Waals surface area contributed by atoms with Gasteiger partial charge in [0.2, 0.25) is 0 Å². The number of non-ortho nitro benzene ring substituents is 1. The number of hydrogen-bond acceptors (Lipinski definition) is 4. The molecule has 0 fully saturated rings. The standard InChI is InChI=1S/C17H12N2O4/c20-14-8-7-11-3-2-6-16(15(11)10-14)18-17(21)12-4-1-5-13(9-12)19(22)23/h1-10,20H,(H,18,21). The van der Waals surface area contributed by atoms with E-state index in [1.807, 2.05) is 6.07 Å². The number of nitrogens with zero attached hydrogens (tertiary/aromatic N) is 1. The number of nitro groups is 1. The summed E-state index contributed by atoms with van der Waals surface area (Å²) in [5.41, 5.74) is 0.569. The van der Waals surface area contributed by atoms with Crippen LogP contribution in [0.2, 0.25) is 0 Å². The number of benzene rings is 3. The van der Waals surface area contributed by atoms with Crippen LogP contribution in [-0.4, -0.2) is 15.9 Å². The third kappa shape index (κ3) is 2.96. The van der Waals surface area contributed by atoms with Crippen LogP contribution in [0.15, 0.2) is 60.7 Å². The van der Waals surface area contributed by atoms with Crippen LogP contribution in [-0.2, 0) is 0 Å². The molecule has 0 bridgehead atoms. The predicted octanol–water partition coefficient (Wildman–Crippen LogP) is 3.71. The molecular weight excluding hydrogens is 296 g/mol. The Hall–Kier alpha value is -3.41. The van der Waals surface area contributed by atoms with Crippen molar-refractivity contribution in [1.82, 2.24) is 0 Å². The van der Waals surface area contributed by atoms with E-state index in [9.17, 15) is 20.0 Å². The highest BCUT2D eigenvalue weighted by Crippen LogP contribution is 2.27. The van der Waals surface area contributed by atoms with E-state index in [-0.39, 0.29) is 17.0 Å². The smallest absolute Gasteiger partial charge is 0.270 e. The Morgan fingerprint density at radius 1 is 1.04 bits per heavy atom. The maximum atomic E-state index is 12.3. The molecule has 1 amide bonds. The van der Waals surface area contributed by atoms with Gasteiger partial charge in [0, 0.05) is 28.8 Å². The van der Waals surface area contributed by atoms with E-state index in [2.05, 4.69) is 5.32 Å². The highest BCUT2D eigenvalue weighted by molar-refractivity contribution is 6.09. The van der Waals surface area contributed by atoms with Gasteiger partial charge in [0.05, 0.1) is 4.92 Å². The van der Waals surface area contributed by atoms with Gasteiger partial charge in [0.1, 0.15) is 5.75 Å². The molecule has 0 aliphatic rings. The summed E-state index contributed by atoms with van der Waals surface area (Å²) in [6.45, 7) is 0. The number of nitro benzene ring substituents is 1. The summed E-state index contributed by atoms with van der Waals surface area (Å²) >= 11 is 0. The van der Waals surface area contributed by atoms with Crippen molar-refractivity contribution >= 4 is 28.1 Å². The summed E-state index contributed by atoms with van der Waals surface area (Å²) in [5.74, 6) is -0.362. The normalized spacial score (nSPS) is 10.4. The van der Waals surface area contributed by atoms with Crippen molar-refractivity contribution in [1.29, 1.82) is 0 Å². The Kier molecular flexibility index (Phi) is 3.64. The first-order chi connectivity index (χ1) is 11.0. The number of carbonyl (C=O) groups is 1. The van der Waals surface area contributed by atoms with E-state index in [0.717, 1.165) is 5.39 Å². The van der Waals surface area contributed by atoms with E-state index >= 15 is 0 Å². The summed E-state index contributed by atoms with van der Waals surface area (Å²) in [6, 6.07) is 15.7. The molecule has 6 nitrogen and oxygen atoms in total. The summed E-state index contributed by atoms with van der Waals surface area (Å²) < 4.78 is 0. The molecule has 0 saturated heterocycles. The molecule has 6 heteroatoms. The van der Waals surface area contributed by atoms with Gasteiger partial charge >= 0.3 is 0 Å². The number of fused-ring (bicyclic) bond motifs is 1. The molecule has 0 atom stereocenters. The predicted molar refractivity (Wildman–Crippen MR) is 86.7 cm³/mol. The van der Waals surface area contributed by atoms with Crippen LogP contribution in [0.1, 0.15) is 10.4 Å². The fraction of sp³-hybridized carbons (Fsp3) is 0. The quantitative estimate of drug-likeness (QED) is 0.570. The zero-order valence-electron chi connectivity index (χ0n) is 11.9. The van der Waals surface area contributed by atoms with Gasteiger partial charge in [-0.1, -0.05) is 24.3 Å². The fourth-order valence-corrected chi connectivity index (χ4v) is 2.32. The summed E-state index contributed by atoms with van der Waals surface area (Å²) in [4.78, 5) is 22.6. The molecule has 0 heterocycles. The lowest BCUT2D eigenvalue weighted by atomic mass is 10.1. The number of aromatic hydroxyl groups is 1. The van der Waals surface area contributed by atoms with Crippen molar-refractivity contribution in [3.05, 3.63) is 76.3 Å². The van der Waals surface area contributed by atoms with Crippen molar-refractivity contribution in [2.45, 2.75) is 0 Å². The average Bonchev–Trinajstić information content (AvgIpc) is 2.55. The van der Waals surface area contributed by atoms with Crippen molar-refractivity contribution in [3.8, 4) is 5.75 Å². The summed E-state index contributed by atoms with van der Waals surface area (Å²) in [7, 11) is 0. The van der Waals surface area contributed by atoms with Crippen LogP contribution in [0, 0.1) is 10.1 Å². The first-order valence-corrected chi connectivity index (χ1v) is 6.82. The van der Waals surface area contributed by atoms with Crippen LogP contribution in [0.5, 0.6) is 5.75 Å². The van der Waals surface area contributed by atoms with Crippen LogP contribution in [0.4, 0.5) is 11.4 Å². The second kappa shape index (κ2) is 5.76. The maximum absolute atomic E-state index is 12.3. The van der Waals surface area contributed by atoms with Crippen LogP contribution in [0.3, 0.4) is 0 Å². The van der Waals surface area contributed by atoms with Gasteiger partial charge in [0.15, 0.2) is 0 Å². The molecule has 0 aliphatic carbocycles. The van der Waals surface area contributed by atoms with E-state index in [1.54, 1.807) is 30.3 Å². The Morgan fingerprint density at radius 2 is 1.83 bits per heavy atom.